The maximum absolute atomic E-state index is 11.1. The molecule has 1 atom stereocenters. The van der Waals surface area contributed by atoms with Crippen LogP contribution < -0.4 is 0 Å². The van der Waals surface area contributed by atoms with Crippen molar-refractivity contribution in [3.05, 3.63) is 0 Å². The fraction of sp³-hybridized carbons (Fsp3) is 1.00. The second-order valence-electron chi connectivity index (χ2n) is 5.60. The second kappa shape index (κ2) is 18.6. The van der Waals surface area contributed by atoms with Gasteiger partial charge in [0.1, 0.15) is 0 Å². The SMILES string of the molecule is CCCCCCCCCCCCOC(C)OOS(=O)(=O)OCC.[NaH]. The Balaban J connectivity index is 0. The van der Waals surface area contributed by atoms with Crippen molar-refractivity contribution < 1.29 is 26.6 Å². The second-order valence-corrected chi connectivity index (χ2v) is 6.79. The van der Waals surface area contributed by atoms with Crippen molar-refractivity contribution in [3.63, 3.8) is 0 Å². The van der Waals surface area contributed by atoms with Crippen molar-refractivity contribution in [2.24, 2.45) is 0 Å². The third-order valence-corrected chi connectivity index (χ3v) is 4.14. The van der Waals surface area contributed by atoms with Crippen LogP contribution in [-0.4, -0.2) is 57.5 Å². The Morgan fingerprint density at radius 3 is 1.83 bits per heavy atom. The van der Waals surface area contributed by atoms with Gasteiger partial charge in [-0.25, -0.2) is 4.18 Å². The van der Waals surface area contributed by atoms with E-state index in [4.69, 9.17) is 4.74 Å². The zero-order chi connectivity index (χ0) is 17.4. The van der Waals surface area contributed by atoms with Gasteiger partial charge in [0.25, 0.3) is 0 Å². The molecule has 1 unspecified atom stereocenters. The summed E-state index contributed by atoms with van der Waals surface area (Å²) in [6.07, 6.45) is 11.8. The van der Waals surface area contributed by atoms with Crippen LogP contribution in [0, 0.1) is 0 Å². The number of hydrogen-bond acceptors (Lipinski definition) is 6. The summed E-state index contributed by atoms with van der Waals surface area (Å²) in [5, 5.41) is 0. The van der Waals surface area contributed by atoms with Crippen molar-refractivity contribution in [1.82, 2.24) is 0 Å². The molecule has 0 aromatic heterocycles. The topological polar surface area (TPSA) is 71.1 Å². The third kappa shape index (κ3) is 19.1. The standard InChI is InChI=1S/C16H34O6S.Na.H/c1-4-6-7-8-9-10-11-12-13-14-15-19-16(3)21-22-23(17,18)20-5-2;;/h16H,4-15H2,1-3H3;;. The van der Waals surface area contributed by atoms with E-state index in [0.717, 1.165) is 12.8 Å². The molecule has 0 aliphatic heterocycles. The maximum atomic E-state index is 11.1. The Labute approximate surface area is 170 Å². The average Bonchev–Trinajstić information content (AvgIpc) is 2.50. The first-order chi connectivity index (χ1) is 11.0. The predicted molar refractivity (Wildman–Crippen MR) is 97.1 cm³/mol. The van der Waals surface area contributed by atoms with E-state index in [2.05, 4.69) is 20.3 Å². The van der Waals surface area contributed by atoms with Gasteiger partial charge in [-0.2, -0.15) is 13.3 Å². The Morgan fingerprint density at radius 1 is 0.833 bits per heavy atom. The van der Waals surface area contributed by atoms with Gasteiger partial charge < -0.3 is 4.74 Å². The number of unbranched alkanes of at least 4 members (excludes halogenated alkanes) is 9. The normalized spacial score (nSPS) is 12.8. The van der Waals surface area contributed by atoms with Gasteiger partial charge in [-0.15, -0.1) is 0 Å². The van der Waals surface area contributed by atoms with Crippen molar-refractivity contribution >= 4 is 40.0 Å². The van der Waals surface area contributed by atoms with Gasteiger partial charge in [-0.3, -0.25) is 0 Å². The van der Waals surface area contributed by atoms with Gasteiger partial charge in [0.2, 0.25) is 0 Å². The fourth-order valence-corrected chi connectivity index (χ4v) is 2.67. The molecule has 0 aliphatic carbocycles. The van der Waals surface area contributed by atoms with Crippen LogP contribution in [0.25, 0.3) is 0 Å². The molecule has 0 heterocycles. The summed E-state index contributed by atoms with van der Waals surface area (Å²) in [7, 11) is -4.08. The van der Waals surface area contributed by atoms with E-state index in [1.807, 2.05) is 0 Å². The van der Waals surface area contributed by atoms with Gasteiger partial charge in [0, 0.05) is 6.61 Å². The summed E-state index contributed by atoms with van der Waals surface area (Å²) in [6, 6.07) is 0. The minimum atomic E-state index is -4.08. The van der Waals surface area contributed by atoms with Crippen LogP contribution in [0.4, 0.5) is 0 Å². The van der Waals surface area contributed by atoms with E-state index in [9.17, 15) is 8.42 Å². The molecule has 0 aliphatic rings. The molecule has 0 saturated heterocycles. The zero-order valence-electron chi connectivity index (χ0n) is 14.9. The molecule has 24 heavy (non-hydrogen) atoms. The van der Waals surface area contributed by atoms with E-state index < -0.39 is 16.7 Å². The summed E-state index contributed by atoms with van der Waals surface area (Å²) < 4.78 is 36.0. The molecule has 0 amide bonds. The molecule has 0 aromatic rings. The molecule has 142 valence electrons. The molecule has 0 fully saturated rings. The quantitative estimate of drug-likeness (QED) is 0.126. The molecule has 0 spiro atoms. The number of rotatable bonds is 17. The first-order valence-electron chi connectivity index (χ1n) is 8.87. The van der Waals surface area contributed by atoms with E-state index in [-0.39, 0.29) is 36.2 Å². The fourth-order valence-electron chi connectivity index (χ4n) is 2.13. The van der Waals surface area contributed by atoms with Crippen molar-refractivity contribution in [3.8, 4) is 0 Å². The molecule has 0 N–H and O–H groups in total. The van der Waals surface area contributed by atoms with Crippen LogP contribution in [0.5, 0.6) is 0 Å². The van der Waals surface area contributed by atoms with E-state index in [1.54, 1.807) is 13.8 Å². The molecule has 0 saturated carbocycles. The Morgan fingerprint density at radius 2 is 1.33 bits per heavy atom. The van der Waals surface area contributed by atoms with E-state index >= 15 is 0 Å². The Hall–Kier alpha value is 0.790. The summed E-state index contributed by atoms with van der Waals surface area (Å²) in [6.45, 7) is 5.89. The van der Waals surface area contributed by atoms with Gasteiger partial charge in [0.05, 0.1) is 6.61 Å². The summed E-state index contributed by atoms with van der Waals surface area (Å²) in [5.41, 5.74) is 0. The van der Waals surface area contributed by atoms with Gasteiger partial charge in [-0.05, 0) is 20.3 Å². The Kier molecular flexibility index (Phi) is 20.9. The number of hydrogen-bond donors (Lipinski definition) is 0. The van der Waals surface area contributed by atoms with Crippen molar-refractivity contribution in [1.29, 1.82) is 0 Å². The van der Waals surface area contributed by atoms with Crippen LogP contribution in [0.1, 0.15) is 85.0 Å². The third-order valence-electron chi connectivity index (χ3n) is 3.37. The first-order valence-corrected chi connectivity index (χ1v) is 10.2. The van der Waals surface area contributed by atoms with Crippen molar-refractivity contribution in [2.45, 2.75) is 91.3 Å². The minimum absolute atomic E-state index is 0. The summed E-state index contributed by atoms with van der Waals surface area (Å²) in [4.78, 5) is 4.62. The Bertz CT molecular complexity index is 350. The van der Waals surface area contributed by atoms with Crippen LogP contribution in [0.3, 0.4) is 0 Å². The molecular weight excluding hydrogens is 343 g/mol. The molecule has 0 radical (unpaired) electrons. The van der Waals surface area contributed by atoms with Gasteiger partial charge >= 0.3 is 40.0 Å². The molecule has 8 heteroatoms. The number of ether oxygens (including phenoxy) is 1. The van der Waals surface area contributed by atoms with E-state index in [1.165, 1.54) is 51.4 Å². The summed E-state index contributed by atoms with van der Waals surface area (Å²) >= 11 is 0. The molecule has 0 rings (SSSR count). The first kappa shape index (κ1) is 27.0. The monoisotopic (exact) mass is 378 g/mol. The van der Waals surface area contributed by atoms with Crippen LogP contribution in [-0.2, 0) is 28.5 Å². The van der Waals surface area contributed by atoms with Crippen LogP contribution in [0.2, 0.25) is 0 Å². The van der Waals surface area contributed by atoms with Crippen LogP contribution in [0.15, 0.2) is 0 Å². The molecule has 6 nitrogen and oxygen atoms in total. The summed E-state index contributed by atoms with van der Waals surface area (Å²) in [5.74, 6) is 0. The predicted octanol–water partition coefficient (Wildman–Crippen LogP) is 3.85. The van der Waals surface area contributed by atoms with Gasteiger partial charge in [-0.1, -0.05) is 69.0 Å². The van der Waals surface area contributed by atoms with Gasteiger partial charge in [0.15, 0.2) is 6.29 Å². The van der Waals surface area contributed by atoms with E-state index in [0.29, 0.717) is 6.61 Å². The van der Waals surface area contributed by atoms with Crippen molar-refractivity contribution in [2.75, 3.05) is 13.2 Å². The zero-order valence-corrected chi connectivity index (χ0v) is 15.7. The molecular formula is C16H35NaO6S. The van der Waals surface area contributed by atoms with Crippen LogP contribution >= 0.6 is 0 Å². The molecule has 0 aromatic carbocycles. The average molecular weight is 379 g/mol. The molecule has 0 bridgehead atoms.